The fourth-order valence-corrected chi connectivity index (χ4v) is 6.93. The molecule has 12 heteroatoms. The Morgan fingerprint density at radius 1 is 1.23 bits per heavy atom. The molecule has 2 aliphatic heterocycles. The third-order valence-electron chi connectivity index (χ3n) is 7.30. The summed E-state index contributed by atoms with van der Waals surface area (Å²) in [4.78, 5) is 33.7. The van der Waals surface area contributed by atoms with E-state index in [1.165, 1.54) is 28.5 Å². The Bertz CT molecular complexity index is 1630. The van der Waals surface area contributed by atoms with E-state index in [1.54, 1.807) is 9.80 Å². The number of carbonyl (C=O) groups excluding carboxylic acids is 1. The largest absolute Gasteiger partial charge is 0.417 e. The van der Waals surface area contributed by atoms with E-state index >= 15 is 0 Å². The lowest BCUT2D eigenvalue weighted by Crippen LogP contribution is -2.58. The summed E-state index contributed by atoms with van der Waals surface area (Å²) in [5.74, 6) is -0.455. The van der Waals surface area contributed by atoms with Crippen LogP contribution in [0.4, 0.5) is 23.4 Å². The first kappa shape index (κ1) is 27.7. The number of nitriles is 1. The molecule has 208 valence electrons. The number of nitrogens with zero attached hydrogens (tertiary/aromatic N) is 5. The molecule has 5 rings (SSSR count). The molecule has 2 atom stereocenters. The van der Waals surface area contributed by atoms with Crippen molar-refractivity contribution in [3.8, 4) is 17.2 Å². The maximum Gasteiger partial charge on any atom is 0.417 e. The molecule has 40 heavy (non-hydrogen) atoms. The molecule has 1 saturated heterocycles. The number of hydrogen-bond donors (Lipinski definition) is 0. The molecule has 0 N–H and O–H groups in total. The number of rotatable bonds is 3. The van der Waals surface area contributed by atoms with Crippen LogP contribution >= 0.6 is 11.8 Å². The Kier molecular flexibility index (Phi) is 7.12. The Morgan fingerprint density at radius 3 is 2.55 bits per heavy atom. The first-order chi connectivity index (χ1) is 19.0. The normalized spacial score (nSPS) is 19.3. The minimum absolute atomic E-state index is 0.0568. The van der Waals surface area contributed by atoms with Gasteiger partial charge in [-0.3, -0.25) is 9.36 Å². The molecule has 1 amide bonds. The number of amides is 1. The van der Waals surface area contributed by atoms with E-state index in [-0.39, 0.29) is 70.4 Å². The Labute approximate surface area is 231 Å². The molecular weight excluding hydrogens is 546 g/mol. The molecule has 2 aliphatic rings. The SMILES string of the molecule is C=CC(=O)N1C(C)CN(c2nc(=O)n3c4c(c(-c5ccc(F)cc5C#N)c(C(F)(F)F)cc24)SCCC3)CC1C. The van der Waals surface area contributed by atoms with Crippen LogP contribution in [0.2, 0.25) is 0 Å². The van der Waals surface area contributed by atoms with Crippen LogP contribution in [0.1, 0.15) is 31.4 Å². The molecule has 2 unspecified atom stereocenters. The van der Waals surface area contributed by atoms with E-state index < -0.39 is 23.2 Å². The van der Waals surface area contributed by atoms with Crippen LogP contribution in [0.15, 0.2) is 46.6 Å². The van der Waals surface area contributed by atoms with Gasteiger partial charge >= 0.3 is 11.9 Å². The van der Waals surface area contributed by atoms with Crippen LogP contribution in [0.3, 0.4) is 0 Å². The minimum Gasteiger partial charge on any atom is -0.352 e. The molecule has 0 aliphatic carbocycles. The third-order valence-corrected chi connectivity index (χ3v) is 8.47. The predicted molar refractivity (Wildman–Crippen MR) is 145 cm³/mol. The van der Waals surface area contributed by atoms with E-state index in [0.29, 0.717) is 17.7 Å². The maximum atomic E-state index is 14.7. The summed E-state index contributed by atoms with van der Waals surface area (Å²) in [5, 5.41) is 9.83. The summed E-state index contributed by atoms with van der Waals surface area (Å²) >= 11 is 1.18. The number of alkyl halides is 3. The predicted octanol–water partition coefficient (Wildman–Crippen LogP) is 5.20. The van der Waals surface area contributed by atoms with Crippen LogP contribution in [0.25, 0.3) is 22.0 Å². The molecule has 0 spiro atoms. The van der Waals surface area contributed by atoms with E-state index in [2.05, 4.69) is 11.6 Å². The van der Waals surface area contributed by atoms with Crippen LogP contribution < -0.4 is 10.6 Å². The number of halogens is 4. The quantitative estimate of drug-likeness (QED) is 0.318. The lowest BCUT2D eigenvalue weighted by atomic mass is 9.93. The van der Waals surface area contributed by atoms with Crippen molar-refractivity contribution in [2.45, 2.75) is 50.0 Å². The van der Waals surface area contributed by atoms with Gasteiger partial charge in [0.05, 0.1) is 22.7 Å². The van der Waals surface area contributed by atoms with Gasteiger partial charge in [-0.1, -0.05) is 12.6 Å². The number of aryl methyl sites for hydroxylation is 1. The van der Waals surface area contributed by atoms with Crippen LogP contribution in [0, 0.1) is 17.1 Å². The second-order valence-electron chi connectivity index (χ2n) is 9.95. The van der Waals surface area contributed by atoms with Crippen molar-refractivity contribution in [1.82, 2.24) is 14.5 Å². The number of thioether (sulfide) groups is 1. The fraction of sp³-hybridized carbons (Fsp3) is 0.357. The summed E-state index contributed by atoms with van der Waals surface area (Å²) in [6, 6.07) is 5.26. The summed E-state index contributed by atoms with van der Waals surface area (Å²) in [7, 11) is 0. The van der Waals surface area contributed by atoms with E-state index in [0.717, 1.165) is 18.2 Å². The van der Waals surface area contributed by atoms with E-state index in [1.807, 2.05) is 19.9 Å². The summed E-state index contributed by atoms with van der Waals surface area (Å²) < 4.78 is 59.6. The number of carbonyl (C=O) groups is 1. The minimum atomic E-state index is -4.83. The third kappa shape index (κ3) is 4.62. The molecule has 0 radical (unpaired) electrons. The summed E-state index contributed by atoms with van der Waals surface area (Å²) in [5.41, 5.74) is -1.84. The van der Waals surface area contributed by atoms with Crippen molar-refractivity contribution in [2.75, 3.05) is 23.7 Å². The molecule has 3 heterocycles. The number of anilines is 1. The lowest BCUT2D eigenvalue weighted by Gasteiger charge is -2.44. The first-order valence-electron chi connectivity index (χ1n) is 12.7. The zero-order valence-electron chi connectivity index (χ0n) is 21.8. The molecule has 0 bridgehead atoms. The van der Waals surface area contributed by atoms with Gasteiger partial charge in [0, 0.05) is 53.1 Å². The van der Waals surface area contributed by atoms with Crippen molar-refractivity contribution >= 4 is 34.4 Å². The Morgan fingerprint density at radius 2 is 1.93 bits per heavy atom. The molecular formula is C28H25F4N5O2S. The van der Waals surface area contributed by atoms with Gasteiger partial charge in [-0.05, 0) is 50.3 Å². The van der Waals surface area contributed by atoms with Gasteiger partial charge in [0.2, 0.25) is 5.91 Å². The topological polar surface area (TPSA) is 82.2 Å². The standard InChI is InChI=1S/C28H25F4N5O2S/c1-4-22(38)37-15(2)13-35(14-16(37)3)26-20-11-21(28(30,31)32)23(19-7-6-18(29)10-17(19)12-33)25-24(20)36(27(39)34-26)8-5-9-40-25/h4,6-7,10-11,15-16H,1,5,8-9,13-14H2,2-3H3. The van der Waals surface area contributed by atoms with Crippen molar-refractivity contribution in [1.29, 1.82) is 5.26 Å². The van der Waals surface area contributed by atoms with Crippen molar-refractivity contribution in [3.05, 3.63) is 64.3 Å². The average Bonchev–Trinajstić information content (AvgIpc) is 3.13. The average molecular weight is 572 g/mol. The second-order valence-corrected chi connectivity index (χ2v) is 11.1. The molecule has 7 nitrogen and oxygen atoms in total. The highest BCUT2D eigenvalue weighted by Crippen LogP contribution is 2.49. The van der Waals surface area contributed by atoms with Gasteiger partial charge in [0.1, 0.15) is 11.6 Å². The van der Waals surface area contributed by atoms with Crippen molar-refractivity contribution in [3.63, 3.8) is 0 Å². The van der Waals surface area contributed by atoms with Gasteiger partial charge in [0.25, 0.3) is 0 Å². The highest BCUT2D eigenvalue weighted by atomic mass is 32.2. The van der Waals surface area contributed by atoms with Gasteiger partial charge in [0.15, 0.2) is 0 Å². The first-order valence-corrected chi connectivity index (χ1v) is 13.7. The molecule has 1 fully saturated rings. The monoisotopic (exact) mass is 571 g/mol. The van der Waals surface area contributed by atoms with E-state index in [9.17, 15) is 32.4 Å². The van der Waals surface area contributed by atoms with Gasteiger partial charge < -0.3 is 9.80 Å². The zero-order valence-corrected chi connectivity index (χ0v) is 22.6. The van der Waals surface area contributed by atoms with Crippen molar-refractivity contribution in [2.24, 2.45) is 0 Å². The molecule has 2 aromatic carbocycles. The number of benzene rings is 2. The number of hydrogen-bond acceptors (Lipinski definition) is 6. The number of aromatic nitrogens is 2. The van der Waals surface area contributed by atoms with Gasteiger partial charge in [-0.25, -0.2) is 9.18 Å². The Hall–Kier alpha value is -3.85. The highest BCUT2D eigenvalue weighted by molar-refractivity contribution is 7.99. The fourth-order valence-electron chi connectivity index (χ4n) is 5.73. The number of piperazine rings is 1. The zero-order chi connectivity index (χ0) is 28.9. The molecule has 0 saturated carbocycles. The van der Waals surface area contributed by atoms with Crippen LogP contribution in [-0.2, 0) is 17.5 Å². The van der Waals surface area contributed by atoms with Crippen molar-refractivity contribution < 1.29 is 22.4 Å². The van der Waals surface area contributed by atoms with E-state index in [4.69, 9.17) is 0 Å². The second kappa shape index (κ2) is 10.3. The Balaban J connectivity index is 1.84. The van der Waals surface area contributed by atoms with Gasteiger partial charge in [-0.2, -0.15) is 23.4 Å². The van der Waals surface area contributed by atoms with Crippen LogP contribution in [0.5, 0.6) is 0 Å². The summed E-state index contributed by atoms with van der Waals surface area (Å²) in [6.45, 7) is 7.95. The highest BCUT2D eigenvalue weighted by Gasteiger charge is 2.39. The maximum absolute atomic E-state index is 14.7. The molecule has 3 aromatic rings. The lowest BCUT2D eigenvalue weighted by molar-refractivity contribution is -0.137. The smallest absolute Gasteiger partial charge is 0.352 e. The van der Waals surface area contributed by atoms with Gasteiger partial charge in [-0.15, -0.1) is 11.8 Å². The van der Waals surface area contributed by atoms with Crippen LogP contribution in [-0.4, -0.2) is 51.3 Å². The summed E-state index contributed by atoms with van der Waals surface area (Å²) in [6.07, 6.45) is -3.10. The molecule has 1 aromatic heterocycles.